The van der Waals surface area contributed by atoms with Crippen molar-refractivity contribution in [2.45, 2.75) is 360 Å². The predicted octanol–water partition coefficient (Wildman–Crippen LogP) is 35.0. The number of ether oxygens (including phenoxy) is 3. The van der Waals surface area contributed by atoms with Crippen molar-refractivity contribution in [2.75, 3.05) is 13.2 Å². The van der Waals surface area contributed by atoms with Crippen LogP contribution in [0.4, 0.5) is 22.0 Å². The number of aryl methyl sites for hydroxylation is 9. The Kier molecular flexibility index (Phi) is 46.9. The van der Waals surface area contributed by atoms with Gasteiger partial charge in [0.1, 0.15) is 40.8 Å². The van der Waals surface area contributed by atoms with E-state index in [4.69, 9.17) is 25.8 Å². The number of halogens is 6. The summed E-state index contributed by atoms with van der Waals surface area (Å²) in [4.78, 5) is 0. The second kappa shape index (κ2) is 51.1. The van der Waals surface area contributed by atoms with Gasteiger partial charge in [0, 0.05) is 10.6 Å². The second-order valence-corrected chi connectivity index (χ2v) is 46.9. The van der Waals surface area contributed by atoms with Gasteiger partial charge in [0.05, 0.1) is 26.4 Å². The maximum atomic E-state index is 13.4. The topological polar surface area (TPSA) is 68.2 Å². The SMILES string of the molecule is CC(C)(C)c1ccc(C(C)(C)C)cc1.CC(C)(C)c1ccccc1F.Cc1cc(F)c(C(C)(C)C)c(F)c1.Cc1ccc(C(C)(C)C)c(CO)c1.Cc1ccc(C(C)(C)C)c(F)c1F.Cc1ccc(CO)c(C(C)(C)C)c1.Cc1ccc(OCC(C)(C)C)c(C)c1.Cc1cccc(C(C)(C)C)c1Cl.Cc1cccc(OC(C)C(C)(C)C)c1.Cc1cccc(OCC(C)(C)C)c1. The molecule has 0 radical (unpaired) electrons. The Morgan fingerprint density at radius 3 is 1.08 bits per heavy atom. The van der Waals surface area contributed by atoms with Gasteiger partial charge in [-0.15, -0.1) is 0 Å². The molecule has 0 aliphatic rings. The highest BCUT2D eigenvalue weighted by Gasteiger charge is 2.27. The van der Waals surface area contributed by atoms with Crippen LogP contribution >= 0.6 is 11.6 Å². The second-order valence-electron chi connectivity index (χ2n) is 46.5. The lowest BCUT2D eigenvalue weighted by atomic mass is 9.82. The van der Waals surface area contributed by atoms with Gasteiger partial charge in [-0.2, -0.15) is 0 Å². The monoisotopic (exact) mass is 1810 g/mol. The van der Waals surface area contributed by atoms with Crippen molar-refractivity contribution in [3.8, 4) is 17.2 Å². The summed E-state index contributed by atoms with van der Waals surface area (Å²) in [6.45, 7) is 91.2. The lowest BCUT2D eigenvalue weighted by molar-refractivity contribution is 0.103. The summed E-state index contributed by atoms with van der Waals surface area (Å²) in [7, 11) is 0. The molecule has 10 rings (SSSR count). The molecule has 0 saturated carbocycles. The maximum Gasteiger partial charge on any atom is 0.162 e. The largest absolute Gasteiger partial charge is 0.493 e. The number of rotatable bonds is 8. The molecule has 0 saturated heterocycles. The maximum absolute atomic E-state index is 13.4. The van der Waals surface area contributed by atoms with Gasteiger partial charge >= 0.3 is 0 Å². The van der Waals surface area contributed by atoms with E-state index in [-0.39, 0.29) is 84.8 Å². The van der Waals surface area contributed by atoms with E-state index in [1.807, 2.05) is 110 Å². The van der Waals surface area contributed by atoms with Crippen LogP contribution in [0.15, 0.2) is 194 Å². The minimum Gasteiger partial charge on any atom is -0.493 e. The van der Waals surface area contributed by atoms with Crippen LogP contribution in [0.3, 0.4) is 0 Å². The van der Waals surface area contributed by atoms with E-state index in [1.54, 1.807) is 52.8 Å². The van der Waals surface area contributed by atoms with Gasteiger partial charge in [0.25, 0.3) is 0 Å². The molecule has 10 aromatic rings. The molecule has 10 aromatic carbocycles. The minimum atomic E-state index is -0.729. The Balaban J connectivity index is 0.000000723. The van der Waals surface area contributed by atoms with Crippen LogP contribution in [0.2, 0.25) is 5.02 Å². The fraction of sp³-hybridized carbons (Fsp3) is 0.496. The van der Waals surface area contributed by atoms with Gasteiger partial charge in [-0.05, 0) is 261 Å². The first-order valence-corrected chi connectivity index (χ1v) is 46.4. The van der Waals surface area contributed by atoms with Crippen molar-refractivity contribution < 1.29 is 46.4 Å². The molecule has 130 heavy (non-hydrogen) atoms. The van der Waals surface area contributed by atoms with Gasteiger partial charge in [-0.3, -0.25) is 0 Å². The summed E-state index contributed by atoms with van der Waals surface area (Å²) >= 11 is 6.18. The lowest BCUT2D eigenvalue weighted by Gasteiger charge is -2.28. The Morgan fingerprint density at radius 2 is 0.685 bits per heavy atom. The number of aliphatic hydroxyl groups is 2. The van der Waals surface area contributed by atoms with Crippen LogP contribution in [-0.2, 0) is 56.5 Å². The first-order valence-electron chi connectivity index (χ1n) is 46.0. The molecule has 1 unspecified atom stereocenters. The Bertz CT molecular complexity index is 4990. The first-order chi connectivity index (χ1) is 59.0. The van der Waals surface area contributed by atoms with E-state index in [0.29, 0.717) is 16.7 Å². The van der Waals surface area contributed by atoms with Crippen LogP contribution in [0.1, 0.15) is 341 Å². The van der Waals surface area contributed by atoms with Crippen LogP contribution < -0.4 is 14.2 Å². The van der Waals surface area contributed by atoms with Crippen molar-refractivity contribution >= 4 is 11.6 Å². The van der Waals surface area contributed by atoms with E-state index in [9.17, 15) is 32.2 Å². The van der Waals surface area contributed by atoms with Crippen molar-refractivity contribution in [1.82, 2.24) is 0 Å². The summed E-state index contributed by atoms with van der Waals surface area (Å²) in [6, 6.07) is 63.2. The Labute approximate surface area is 794 Å². The van der Waals surface area contributed by atoms with Gasteiger partial charge in [0.15, 0.2) is 11.6 Å². The molecule has 11 heteroatoms. The van der Waals surface area contributed by atoms with Gasteiger partial charge in [-0.1, -0.05) is 402 Å². The Hall–Kier alpha value is -8.54. The van der Waals surface area contributed by atoms with Crippen LogP contribution in [0, 0.1) is 108 Å². The average molecular weight is 1810 g/mol. The van der Waals surface area contributed by atoms with Gasteiger partial charge in [-0.25, -0.2) is 22.0 Å². The average Bonchev–Trinajstić information content (AvgIpc) is 0.800. The smallest absolute Gasteiger partial charge is 0.162 e. The van der Waals surface area contributed by atoms with E-state index < -0.39 is 28.7 Å². The zero-order valence-electron chi connectivity index (χ0n) is 88.8. The highest BCUT2D eigenvalue weighted by Crippen LogP contribution is 2.36. The van der Waals surface area contributed by atoms with Crippen LogP contribution in [0.25, 0.3) is 0 Å². The van der Waals surface area contributed by atoms with Crippen molar-refractivity contribution in [2.24, 2.45) is 16.2 Å². The molecule has 0 bridgehead atoms. The molecule has 5 nitrogen and oxygen atoms in total. The van der Waals surface area contributed by atoms with Crippen LogP contribution in [-0.4, -0.2) is 29.5 Å². The molecule has 0 aliphatic heterocycles. The van der Waals surface area contributed by atoms with E-state index in [1.165, 1.54) is 79.4 Å². The molecular weight excluding hydrogens is 1640 g/mol. The number of hydrogen-bond acceptors (Lipinski definition) is 5. The zero-order valence-corrected chi connectivity index (χ0v) is 89.5. The summed E-state index contributed by atoms with van der Waals surface area (Å²) in [5.41, 5.74) is 20.1. The lowest BCUT2D eigenvalue weighted by Crippen LogP contribution is -2.28. The number of hydrogen-bond donors (Lipinski definition) is 2. The molecule has 720 valence electrons. The van der Waals surface area contributed by atoms with Crippen molar-refractivity contribution in [3.63, 3.8) is 0 Å². The third-order valence-corrected chi connectivity index (χ3v) is 21.5. The number of aliphatic hydroxyl groups excluding tert-OH is 2. The highest BCUT2D eigenvalue weighted by molar-refractivity contribution is 6.32. The third-order valence-electron chi connectivity index (χ3n) is 21.0. The molecule has 0 aliphatic carbocycles. The minimum absolute atomic E-state index is 0.0919. The predicted molar refractivity (Wildman–Crippen MR) is 553 cm³/mol. The Morgan fingerprint density at radius 1 is 0.292 bits per heavy atom. The third kappa shape index (κ3) is 45.3. The van der Waals surface area contributed by atoms with Gasteiger partial charge < -0.3 is 24.4 Å². The molecule has 1 atom stereocenters. The summed E-state index contributed by atoms with van der Waals surface area (Å²) < 4.78 is 83.6. The molecule has 0 amide bonds. The summed E-state index contributed by atoms with van der Waals surface area (Å²) in [5.74, 6) is 0.475. The van der Waals surface area contributed by atoms with E-state index in [0.717, 1.165) is 57.7 Å². The van der Waals surface area contributed by atoms with Crippen molar-refractivity contribution in [3.05, 3.63) is 334 Å². The molecule has 0 heterocycles. The number of benzene rings is 10. The zero-order chi connectivity index (χ0) is 101. The summed E-state index contributed by atoms with van der Waals surface area (Å²) in [5, 5.41) is 19.3. The first kappa shape index (κ1) is 119. The quantitative estimate of drug-likeness (QED) is 0.148. The fourth-order valence-electron chi connectivity index (χ4n) is 12.8. The fourth-order valence-corrected chi connectivity index (χ4v) is 13.3. The van der Waals surface area contributed by atoms with Gasteiger partial charge in [0.2, 0.25) is 0 Å². The van der Waals surface area contributed by atoms with Crippen molar-refractivity contribution in [1.29, 1.82) is 0 Å². The van der Waals surface area contributed by atoms with Crippen LogP contribution in [0.5, 0.6) is 17.2 Å². The molecular formula is C119H172ClF5O5. The molecule has 0 fully saturated rings. The normalized spacial score (nSPS) is 12.1. The summed E-state index contributed by atoms with van der Waals surface area (Å²) in [6.07, 6.45) is 0.226. The molecule has 0 spiro atoms. The molecule has 2 N–H and O–H groups in total. The van der Waals surface area contributed by atoms with E-state index >= 15 is 0 Å². The standard InChI is InChI=1S/C14H22.2C13H20O.3C12H18O.C11H15Cl.2C11H14F2.C10H13F/c1-13(2,3)11-7-9-12(10-8-11)14(4,5)6;1-10-6-7-12(11(2)8-10)14-9-13(3,4)5;1-10-7-6-8-12(9-10)14-11(2)13(3,4)5;1-9-5-6-11(12(2,3)4)10(7-9)8-13;1-9-5-6-10(8-13)11(7-9)12(2,3)4;1-10-6-5-7-11(8-10)13-9-12(2,3)4;1-8-6-5-7-9(10(8)12)11(2,3)4;1-7-5-8(12)10(9(13)6-7)11(2,3)4;1-7-5-6-8(11(2,3)4)10(13)9(7)12;1-10(2,3)8-6-4-5-7-9(8)11/h7-10H,1-6H3;6-8H,9H2,1-5H3;6-9,11H,1-5H3;2*5-7,13H,8H2,1-4H3;5-8H,9H2,1-4H3;5-7H,1-4H3;2*5-6H,1-4H3;4-7H,1-3H3. The van der Waals surface area contributed by atoms with E-state index in [2.05, 4.69) is 311 Å². The molecule has 0 aromatic heterocycles. The highest BCUT2D eigenvalue weighted by atomic mass is 35.5.